The summed E-state index contributed by atoms with van der Waals surface area (Å²) in [6, 6.07) is 8.97. The van der Waals surface area contributed by atoms with E-state index in [0.29, 0.717) is 11.6 Å². The summed E-state index contributed by atoms with van der Waals surface area (Å²) in [4.78, 5) is 13.2. The lowest BCUT2D eigenvalue weighted by Gasteiger charge is -2.16. The minimum absolute atomic E-state index is 0.153. The van der Waals surface area contributed by atoms with E-state index in [1.54, 1.807) is 6.92 Å². The van der Waals surface area contributed by atoms with Crippen molar-refractivity contribution in [3.8, 4) is 0 Å². The molecule has 0 radical (unpaired) electrons. The Bertz CT molecular complexity index is 429. The van der Waals surface area contributed by atoms with Gasteiger partial charge in [0.2, 0.25) is 0 Å². The Morgan fingerprint density at radius 1 is 1.56 bits per heavy atom. The molecule has 0 saturated heterocycles. The van der Waals surface area contributed by atoms with Crippen LogP contribution in [0.15, 0.2) is 35.6 Å². The lowest BCUT2D eigenvalue weighted by Crippen LogP contribution is -2.35. The highest BCUT2D eigenvalue weighted by Crippen LogP contribution is 2.05. The fraction of sp³-hybridized carbons (Fsp3) is 0.364. The molecule has 96 valence electrons. The van der Waals surface area contributed by atoms with Crippen molar-refractivity contribution in [2.24, 2.45) is 5.22 Å². The molecule has 0 aliphatic carbocycles. The first-order valence-electron chi connectivity index (χ1n) is 5.34. The molecule has 7 nitrogen and oxygen atoms in total. The van der Waals surface area contributed by atoms with Gasteiger partial charge in [0.25, 0.3) is 0 Å². The maximum absolute atomic E-state index is 10.8. The van der Waals surface area contributed by atoms with E-state index in [4.69, 9.17) is 15.4 Å². The third-order valence-corrected chi connectivity index (χ3v) is 2.22. The number of azide groups is 1. The van der Waals surface area contributed by atoms with Crippen LogP contribution in [0.4, 0.5) is 4.79 Å². The van der Waals surface area contributed by atoms with Gasteiger partial charge in [0.15, 0.2) is 0 Å². The SMILES string of the molecule is CC(COCc1ccccc1)N(N=[N+]=[N-])C(=O)O. The van der Waals surface area contributed by atoms with Gasteiger partial charge < -0.3 is 9.84 Å². The summed E-state index contributed by atoms with van der Waals surface area (Å²) in [5, 5.41) is 12.5. The number of carbonyl (C=O) groups is 1. The average Bonchev–Trinajstić information content (AvgIpc) is 2.36. The smallest absolute Gasteiger partial charge is 0.446 e. The van der Waals surface area contributed by atoms with Crippen molar-refractivity contribution in [1.29, 1.82) is 0 Å². The summed E-state index contributed by atoms with van der Waals surface area (Å²) in [7, 11) is 0. The summed E-state index contributed by atoms with van der Waals surface area (Å²) >= 11 is 0. The standard InChI is InChI=1S/C11H14N4O3/c1-9(15(11(16)17)14-13-12)7-18-8-10-5-3-2-4-6-10/h2-6,9H,7-8H2,1H3,(H,16,17). The lowest BCUT2D eigenvalue weighted by atomic mass is 10.2. The molecular formula is C11H14N4O3. The van der Waals surface area contributed by atoms with Gasteiger partial charge in [0.05, 0.1) is 13.2 Å². The van der Waals surface area contributed by atoms with Crippen molar-refractivity contribution < 1.29 is 14.6 Å². The van der Waals surface area contributed by atoms with Crippen LogP contribution in [0.5, 0.6) is 0 Å². The normalized spacial score (nSPS) is 11.4. The Morgan fingerprint density at radius 3 is 2.78 bits per heavy atom. The number of benzene rings is 1. The molecule has 0 spiro atoms. The van der Waals surface area contributed by atoms with Crippen molar-refractivity contribution in [3.05, 3.63) is 46.3 Å². The summed E-state index contributed by atoms with van der Waals surface area (Å²) in [6.45, 7) is 2.14. The van der Waals surface area contributed by atoms with Crippen LogP contribution in [0, 0.1) is 0 Å². The Labute approximate surface area is 104 Å². The number of hydrogen-bond acceptors (Lipinski definition) is 3. The zero-order valence-electron chi connectivity index (χ0n) is 9.93. The molecule has 1 aromatic rings. The molecule has 0 heterocycles. The van der Waals surface area contributed by atoms with E-state index in [9.17, 15) is 4.79 Å². The number of rotatable bonds is 6. The molecule has 1 atom stereocenters. The van der Waals surface area contributed by atoms with E-state index < -0.39 is 12.1 Å². The number of ether oxygens (including phenoxy) is 1. The zero-order valence-corrected chi connectivity index (χ0v) is 9.93. The number of carboxylic acid groups (broad SMARTS) is 1. The summed E-state index contributed by atoms with van der Waals surface area (Å²) in [6.07, 6.45) is -1.30. The van der Waals surface area contributed by atoms with Crippen molar-refractivity contribution in [1.82, 2.24) is 5.01 Å². The largest absolute Gasteiger partial charge is 0.508 e. The first-order valence-corrected chi connectivity index (χ1v) is 5.34. The molecule has 1 unspecified atom stereocenters. The van der Waals surface area contributed by atoms with Crippen molar-refractivity contribution in [2.75, 3.05) is 6.61 Å². The first kappa shape index (κ1) is 13.8. The van der Waals surface area contributed by atoms with Gasteiger partial charge in [-0.15, -0.1) is 10.5 Å². The van der Waals surface area contributed by atoms with Crippen LogP contribution in [0.1, 0.15) is 12.5 Å². The van der Waals surface area contributed by atoms with Gasteiger partial charge in [0, 0.05) is 0 Å². The third-order valence-electron chi connectivity index (χ3n) is 2.22. The third kappa shape index (κ3) is 4.32. The van der Waals surface area contributed by atoms with Gasteiger partial charge >= 0.3 is 6.09 Å². The maximum Gasteiger partial charge on any atom is 0.508 e. The second kappa shape index (κ2) is 7.16. The predicted molar refractivity (Wildman–Crippen MR) is 64.6 cm³/mol. The Balaban J connectivity index is 2.42. The molecule has 1 N–H and O–H groups in total. The van der Waals surface area contributed by atoms with Crippen molar-refractivity contribution in [2.45, 2.75) is 19.6 Å². The van der Waals surface area contributed by atoms with E-state index in [-0.39, 0.29) is 6.61 Å². The summed E-state index contributed by atoms with van der Waals surface area (Å²) in [5.74, 6) is 0. The van der Waals surface area contributed by atoms with Crippen LogP contribution < -0.4 is 0 Å². The summed E-state index contributed by atoms with van der Waals surface area (Å²) < 4.78 is 5.37. The van der Waals surface area contributed by atoms with Crippen LogP contribution in [0.3, 0.4) is 0 Å². The highest BCUT2D eigenvalue weighted by atomic mass is 16.5. The maximum atomic E-state index is 10.8. The number of nitrogens with zero attached hydrogens (tertiary/aromatic N) is 4. The summed E-state index contributed by atoms with van der Waals surface area (Å²) in [5.41, 5.74) is 9.25. The van der Waals surface area contributed by atoms with Crippen LogP contribution in [-0.2, 0) is 11.3 Å². The molecule has 0 aliphatic heterocycles. The van der Waals surface area contributed by atoms with Gasteiger partial charge in [-0.25, -0.2) is 0 Å². The molecule has 0 aromatic heterocycles. The van der Waals surface area contributed by atoms with Gasteiger partial charge in [0.1, 0.15) is 6.04 Å². The second-order valence-corrected chi connectivity index (χ2v) is 3.66. The molecule has 7 heteroatoms. The molecule has 0 aliphatic rings. The van der Waals surface area contributed by atoms with E-state index in [2.05, 4.69) is 10.1 Å². The van der Waals surface area contributed by atoms with Gasteiger partial charge in [-0.05, 0) is 17.7 Å². The minimum atomic E-state index is -1.30. The molecule has 0 fully saturated rings. The zero-order chi connectivity index (χ0) is 13.4. The topological polar surface area (TPSA) is 98.5 Å². The van der Waals surface area contributed by atoms with Crippen LogP contribution in [0.25, 0.3) is 10.4 Å². The minimum Gasteiger partial charge on any atom is -0.446 e. The van der Waals surface area contributed by atoms with E-state index in [0.717, 1.165) is 5.56 Å². The fourth-order valence-corrected chi connectivity index (χ4v) is 1.35. The Hall–Kier alpha value is -2.24. The molecule has 0 saturated carbocycles. The first-order chi connectivity index (χ1) is 8.65. The van der Waals surface area contributed by atoms with Crippen molar-refractivity contribution >= 4 is 6.09 Å². The van der Waals surface area contributed by atoms with Crippen LogP contribution >= 0.6 is 0 Å². The average molecular weight is 250 g/mol. The van der Waals surface area contributed by atoms with E-state index >= 15 is 0 Å². The van der Waals surface area contributed by atoms with E-state index in [1.165, 1.54) is 0 Å². The monoisotopic (exact) mass is 250 g/mol. The molecule has 1 rings (SSSR count). The quantitative estimate of drug-likeness (QED) is 0.363. The van der Waals surface area contributed by atoms with Crippen molar-refractivity contribution in [3.63, 3.8) is 0 Å². The fourth-order valence-electron chi connectivity index (χ4n) is 1.35. The molecular weight excluding hydrogens is 236 g/mol. The van der Waals surface area contributed by atoms with Gasteiger partial charge in [-0.2, -0.15) is 9.71 Å². The number of hydrogen-bond donors (Lipinski definition) is 1. The Morgan fingerprint density at radius 2 is 2.22 bits per heavy atom. The molecule has 1 amide bonds. The lowest BCUT2D eigenvalue weighted by molar-refractivity contribution is 0.0555. The molecule has 1 aromatic carbocycles. The highest BCUT2D eigenvalue weighted by Gasteiger charge is 2.23. The molecule has 0 bridgehead atoms. The van der Waals surface area contributed by atoms with Crippen LogP contribution in [-0.4, -0.2) is 28.9 Å². The van der Waals surface area contributed by atoms with E-state index in [1.807, 2.05) is 30.3 Å². The van der Waals surface area contributed by atoms with Gasteiger partial charge in [-0.1, -0.05) is 30.3 Å². The highest BCUT2D eigenvalue weighted by molar-refractivity contribution is 5.64. The second-order valence-electron chi connectivity index (χ2n) is 3.66. The number of amides is 1. The van der Waals surface area contributed by atoms with Crippen LogP contribution in [0.2, 0.25) is 0 Å². The van der Waals surface area contributed by atoms with Gasteiger partial charge in [-0.3, -0.25) is 0 Å². The predicted octanol–water partition coefficient (Wildman–Crippen LogP) is 2.80. The Kier molecular flexibility index (Phi) is 5.50. The molecule has 18 heavy (non-hydrogen) atoms.